The molecule has 0 aliphatic heterocycles. The van der Waals surface area contributed by atoms with Crippen molar-refractivity contribution in [2.24, 2.45) is 0 Å². The summed E-state index contributed by atoms with van der Waals surface area (Å²) in [5, 5.41) is 4.40. The zero-order valence-electron chi connectivity index (χ0n) is 17.8. The maximum absolute atomic E-state index is 12.8. The van der Waals surface area contributed by atoms with Crippen molar-refractivity contribution < 1.29 is 14.2 Å². The van der Waals surface area contributed by atoms with Gasteiger partial charge in [-0.1, -0.05) is 17.4 Å². The molecular formula is C23H23N3O4S. The molecule has 2 heterocycles. The molecule has 160 valence electrons. The minimum absolute atomic E-state index is 0.0395. The molecular weight excluding hydrogens is 414 g/mol. The van der Waals surface area contributed by atoms with Crippen LogP contribution in [0.3, 0.4) is 0 Å². The first-order valence-corrected chi connectivity index (χ1v) is 10.8. The molecule has 2 aromatic heterocycles. The molecule has 0 aliphatic rings. The summed E-state index contributed by atoms with van der Waals surface area (Å²) in [5.41, 5.74) is 1.46. The van der Waals surface area contributed by atoms with Crippen LogP contribution in [0.25, 0.3) is 22.4 Å². The van der Waals surface area contributed by atoms with Crippen molar-refractivity contribution in [3.63, 3.8) is 0 Å². The molecule has 0 radical (unpaired) electrons. The first-order chi connectivity index (χ1) is 15.0. The Bertz CT molecular complexity index is 1310. The average Bonchev–Trinajstić information content (AvgIpc) is 3.29. The van der Waals surface area contributed by atoms with Crippen LogP contribution in [0.15, 0.2) is 47.3 Å². The molecule has 0 N–H and O–H groups in total. The summed E-state index contributed by atoms with van der Waals surface area (Å²) >= 11 is 1.30. The zero-order valence-corrected chi connectivity index (χ0v) is 18.6. The molecule has 2 aromatic carbocycles. The lowest BCUT2D eigenvalue weighted by Crippen LogP contribution is -2.23. The molecule has 0 bridgehead atoms. The third-order valence-corrected chi connectivity index (χ3v) is 5.41. The molecule has 8 heteroatoms. The molecule has 4 aromatic rings. The van der Waals surface area contributed by atoms with E-state index in [1.54, 1.807) is 7.11 Å². The number of benzene rings is 2. The van der Waals surface area contributed by atoms with Gasteiger partial charge in [0.25, 0.3) is 5.56 Å². The van der Waals surface area contributed by atoms with Gasteiger partial charge in [0.15, 0.2) is 17.3 Å². The lowest BCUT2D eigenvalue weighted by atomic mass is 10.2. The Morgan fingerprint density at radius 1 is 1.13 bits per heavy atom. The molecule has 31 heavy (non-hydrogen) atoms. The summed E-state index contributed by atoms with van der Waals surface area (Å²) in [6.45, 7) is 6.46. The highest BCUT2D eigenvalue weighted by Gasteiger charge is 2.13. The van der Waals surface area contributed by atoms with E-state index in [9.17, 15) is 4.79 Å². The van der Waals surface area contributed by atoms with E-state index in [-0.39, 0.29) is 11.7 Å². The quantitative estimate of drug-likeness (QED) is 0.440. The van der Waals surface area contributed by atoms with Crippen LogP contribution < -0.4 is 24.3 Å². The monoisotopic (exact) mass is 437 g/mol. The second-order valence-corrected chi connectivity index (χ2v) is 8.09. The molecule has 0 saturated carbocycles. The highest BCUT2D eigenvalue weighted by Crippen LogP contribution is 2.29. The number of fused-ring (bicyclic) bond motifs is 1. The molecule has 0 atom stereocenters. The molecule has 0 aliphatic carbocycles. The zero-order chi connectivity index (χ0) is 22.0. The molecule has 0 fully saturated rings. The summed E-state index contributed by atoms with van der Waals surface area (Å²) in [6, 6.07) is 13.1. The van der Waals surface area contributed by atoms with Crippen LogP contribution in [0.5, 0.6) is 17.2 Å². The van der Waals surface area contributed by atoms with E-state index in [0.29, 0.717) is 33.4 Å². The fraction of sp³-hybridized carbons (Fsp3) is 0.261. The van der Waals surface area contributed by atoms with Crippen molar-refractivity contribution in [2.75, 3.05) is 13.7 Å². The molecule has 7 nitrogen and oxygen atoms in total. The second kappa shape index (κ2) is 8.77. The maximum Gasteiger partial charge on any atom is 0.291 e. The van der Waals surface area contributed by atoms with Crippen LogP contribution in [-0.2, 0) is 0 Å². The summed E-state index contributed by atoms with van der Waals surface area (Å²) < 4.78 is 18.5. The molecule has 0 amide bonds. The van der Waals surface area contributed by atoms with Crippen LogP contribution >= 0.6 is 11.3 Å². The highest BCUT2D eigenvalue weighted by atomic mass is 32.1. The third-order valence-electron chi connectivity index (χ3n) is 4.45. The normalized spacial score (nSPS) is 12.0. The second-order valence-electron chi connectivity index (χ2n) is 7.08. The third kappa shape index (κ3) is 4.39. The van der Waals surface area contributed by atoms with Gasteiger partial charge < -0.3 is 14.2 Å². The van der Waals surface area contributed by atoms with Gasteiger partial charge in [-0.25, -0.2) is 0 Å². The number of methoxy groups -OCH3 is 1. The Hall–Kier alpha value is -3.39. The van der Waals surface area contributed by atoms with E-state index in [4.69, 9.17) is 14.2 Å². The van der Waals surface area contributed by atoms with Crippen molar-refractivity contribution in [3.05, 3.63) is 62.9 Å². The van der Waals surface area contributed by atoms with Gasteiger partial charge in [0, 0.05) is 5.56 Å². The summed E-state index contributed by atoms with van der Waals surface area (Å²) in [6.07, 6.45) is 1.85. The summed E-state index contributed by atoms with van der Waals surface area (Å²) in [7, 11) is 1.59. The smallest absolute Gasteiger partial charge is 0.291 e. The highest BCUT2D eigenvalue weighted by molar-refractivity contribution is 7.15. The predicted octanol–water partition coefficient (Wildman–Crippen LogP) is 3.56. The van der Waals surface area contributed by atoms with Crippen LogP contribution in [0.4, 0.5) is 0 Å². The fourth-order valence-electron chi connectivity index (χ4n) is 3.10. The fourth-order valence-corrected chi connectivity index (χ4v) is 4.01. The summed E-state index contributed by atoms with van der Waals surface area (Å²) in [5.74, 6) is 2.58. The Labute approximate surface area is 183 Å². The number of ether oxygens (including phenoxy) is 3. The maximum atomic E-state index is 12.8. The van der Waals surface area contributed by atoms with Crippen molar-refractivity contribution in [2.45, 2.75) is 26.9 Å². The van der Waals surface area contributed by atoms with Crippen molar-refractivity contribution in [3.8, 4) is 28.6 Å². The first kappa shape index (κ1) is 20.9. The van der Waals surface area contributed by atoms with Gasteiger partial charge in [0.05, 0.1) is 24.4 Å². The largest absolute Gasteiger partial charge is 0.494 e. The average molecular weight is 438 g/mol. The number of hydrogen-bond donors (Lipinski definition) is 0. The van der Waals surface area contributed by atoms with Crippen molar-refractivity contribution >= 4 is 22.4 Å². The number of hydrogen-bond acceptors (Lipinski definition) is 7. The lowest BCUT2D eigenvalue weighted by molar-refractivity contribution is 0.230. The van der Waals surface area contributed by atoms with Gasteiger partial charge in [-0.2, -0.15) is 9.50 Å². The molecule has 0 saturated heterocycles. The van der Waals surface area contributed by atoms with E-state index < -0.39 is 0 Å². The molecule has 4 rings (SSSR count). The standard InChI is InChI=1S/C23H23N3O4S/c1-5-29-17-9-7-16(8-10-17)21-24-23-26(25-21)22(27)20(31-23)13-15-6-11-18(30-14(2)3)19(12-15)28-4/h6-14H,5H2,1-4H3/b20-13+. The molecule has 0 unspecified atom stereocenters. The van der Waals surface area contributed by atoms with Gasteiger partial charge in [-0.3, -0.25) is 4.79 Å². The van der Waals surface area contributed by atoms with E-state index in [1.165, 1.54) is 15.9 Å². The SMILES string of the molecule is CCOc1ccc(-c2nc3s/c(=C/c4ccc(OC(C)C)c(OC)c4)c(=O)n3n2)cc1. The minimum Gasteiger partial charge on any atom is -0.494 e. The predicted molar refractivity (Wildman–Crippen MR) is 121 cm³/mol. The van der Waals surface area contributed by atoms with Gasteiger partial charge >= 0.3 is 0 Å². The van der Waals surface area contributed by atoms with Gasteiger partial charge in [-0.05, 0) is 68.8 Å². The first-order valence-electron chi connectivity index (χ1n) is 9.97. The van der Waals surface area contributed by atoms with Gasteiger partial charge in [-0.15, -0.1) is 5.10 Å². The lowest BCUT2D eigenvalue weighted by Gasteiger charge is -2.13. The van der Waals surface area contributed by atoms with E-state index in [1.807, 2.05) is 69.3 Å². The van der Waals surface area contributed by atoms with Crippen LogP contribution in [0.1, 0.15) is 26.3 Å². The van der Waals surface area contributed by atoms with Crippen LogP contribution in [0, 0.1) is 0 Å². The van der Waals surface area contributed by atoms with E-state index in [0.717, 1.165) is 16.9 Å². The van der Waals surface area contributed by atoms with Crippen LogP contribution in [0.2, 0.25) is 0 Å². The Balaban J connectivity index is 1.67. The number of rotatable bonds is 7. The minimum atomic E-state index is -0.203. The van der Waals surface area contributed by atoms with E-state index in [2.05, 4.69) is 10.1 Å². The van der Waals surface area contributed by atoms with Crippen molar-refractivity contribution in [1.29, 1.82) is 0 Å². The van der Waals surface area contributed by atoms with Crippen molar-refractivity contribution in [1.82, 2.24) is 14.6 Å². The topological polar surface area (TPSA) is 75.0 Å². The Morgan fingerprint density at radius 3 is 2.55 bits per heavy atom. The Morgan fingerprint density at radius 2 is 1.90 bits per heavy atom. The number of aromatic nitrogens is 3. The summed E-state index contributed by atoms with van der Waals surface area (Å²) in [4.78, 5) is 17.9. The number of thiazole rings is 1. The molecule has 0 spiro atoms. The number of nitrogens with zero attached hydrogens (tertiary/aromatic N) is 3. The van der Waals surface area contributed by atoms with E-state index >= 15 is 0 Å². The van der Waals surface area contributed by atoms with Gasteiger partial charge in [0.2, 0.25) is 4.96 Å². The van der Waals surface area contributed by atoms with Gasteiger partial charge in [0.1, 0.15) is 5.75 Å². The Kier molecular flexibility index (Phi) is 5.90. The van der Waals surface area contributed by atoms with Crippen LogP contribution in [-0.4, -0.2) is 34.4 Å².